The van der Waals surface area contributed by atoms with Crippen molar-refractivity contribution in [3.05, 3.63) is 85.1 Å². The zero-order valence-electron chi connectivity index (χ0n) is 39.9. The second-order valence-corrected chi connectivity index (χ2v) is 17.2. The number of carbonyl (C=O) groups is 1. The Bertz CT molecular complexity index is 1430. The molecule has 0 aliphatic carbocycles. The molecule has 2 fully saturated rings. The number of unbranched alkanes of at least 4 members (excludes halogenated alkanes) is 9. The van der Waals surface area contributed by atoms with Crippen LogP contribution in [0.5, 0.6) is 0 Å². The number of amides is 1. The van der Waals surface area contributed by atoms with Crippen LogP contribution in [-0.2, 0) is 23.7 Å². The van der Waals surface area contributed by atoms with E-state index in [1.165, 1.54) is 6.42 Å². The van der Waals surface area contributed by atoms with Crippen molar-refractivity contribution in [3.63, 3.8) is 0 Å². The number of aliphatic hydroxyl groups is 8. The van der Waals surface area contributed by atoms with Crippen molar-refractivity contribution in [1.29, 1.82) is 0 Å². The monoisotopic (exact) mass is 934 g/mol. The molecule has 2 saturated heterocycles. The lowest BCUT2D eigenvalue weighted by Gasteiger charge is -2.46. The van der Waals surface area contributed by atoms with Crippen molar-refractivity contribution in [2.45, 2.75) is 216 Å². The number of allylic oxidation sites excluding steroid dienone is 14. The maximum Gasteiger partial charge on any atom is 0.220 e. The van der Waals surface area contributed by atoms with E-state index in [0.29, 0.717) is 12.8 Å². The standard InChI is InChI=1S/C52H87NO13/c1-3-5-7-8-9-10-11-12-13-14-15-16-17-18-19-20-21-22-23-24-25-26-27-28-29-30-31-32-34-36-44(57)53-40(41(56)35-33-6-4-2)39-63-51-49(62)47(60)50(43(38-55)65-51)66-52-48(61)46(59)45(58)42(37-54)64-52/h5,7,9-10,12-13,15-16,18-19,21-22,24-25,40-43,45-52,54-56,58-62H,3-4,6,8,11,14,17,20,23,26-39H2,1-2H3,(H,53,57)/b7-5-,10-9-,13-12-,16-15-,19-18-,22-21-,25-24-. The van der Waals surface area contributed by atoms with Crippen LogP contribution in [0.4, 0.5) is 0 Å². The molecule has 14 heteroatoms. The number of carbonyl (C=O) groups excluding carboxylic acids is 1. The summed E-state index contributed by atoms with van der Waals surface area (Å²) in [4.78, 5) is 13.0. The summed E-state index contributed by atoms with van der Waals surface area (Å²) in [6.45, 7) is 2.51. The predicted molar refractivity (Wildman–Crippen MR) is 258 cm³/mol. The minimum atomic E-state index is -1.78. The Morgan fingerprint density at radius 2 is 1.05 bits per heavy atom. The Morgan fingerprint density at radius 1 is 0.561 bits per heavy atom. The van der Waals surface area contributed by atoms with Gasteiger partial charge in [0.1, 0.15) is 48.8 Å². The smallest absolute Gasteiger partial charge is 0.220 e. The third-order valence-corrected chi connectivity index (χ3v) is 11.6. The molecule has 12 atom stereocenters. The first-order valence-electron chi connectivity index (χ1n) is 24.8. The van der Waals surface area contributed by atoms with Crippen molar-refractivity contribution in [2.75, 3.05) is 19.8 Å². The van der Waals surface area contributed by atoms with Gasteiger partial charge < -0.3 is 65.1 Å². The largest absolute Gasteiger partial charge is 0.394 e. The topological polar surface area (TPSA) is 228 Å². The van der Waals surface area contributed by atoms with Crippen molar-refractivity contribution < 1.29 is 64.6 Å². The molecular formula is C52H87NO13. The molecule has 2 aliphatic heterocycles. The Labute approximate surface area is 395 Å². The summed E-state index contributed by atoms with van der Waals surface area (Å²) in [6.07, 6.45) is 32.7. The fourth-order valence-electron chi connectivity index (χ4n) is 7.57. The van der Waals surface area contributed by atoms with Crippen LogP contribution in [0.1, 0.15) is 142 Å². The predicted octanol–water partition coefficient (Wildman–Crippen LogP) is 6.21. The van der Waals surface area contributed by atoms with Gasteiger partial charge >= 0.3 is 0 Å². The van der Waals surface area contributed by atoms with Crippen LogP contribution in [0.25, 0.3) is 0 Å². The van der Waals surface area contributed by atoms with Gasteiger partial charge in [0.05, 0.1) is 32.0 Å². The summed E-state index contributed by atoms with van der Waals surface area (Å²) < 4.78 is 22.5. The lowest BCUT2D eigenvalue weighted by Crippen LogP contribution is -2.65. The molecule has 2 rings (SSSR count). The first-order chi connectivity index (χ1) is 32.1. The van der Waals surface area contributed by atoms with Crippen molar-refractivity contribution >= 4 is 5.91 Å². The van der Waals surface area contributed by atoms with Gasteiger partial charge in [-0.2, -0.15) is 0 Å². The second kappa shape index (κ2) is 38.1. The minimum Gasteiger partial charge on any atom is -0.394 e. The van der Waals surface area contributed by atoms with Crippen LogP contribution in [0, 0.1) is 0 Å². The van der Waals surface area contributed by atoms with E-state index in [1.807, 2.05) is 6.92 Å². The van der Waals surface area contributed by atoms with Gasteiger partial charge in [-0.3, -0.25) is 4.79 Å². The number of aliphatic hydroxyl groups excluding tert-OH is 8. The number of hydrogen-bond acceptors (Lipinski definition) is 13. The highest BCUT2D eigenvalue weighted by Crippen LogP contribution is 2.30. The van der Waals surface area contributed by atoms with E-state index in [9.17, 15) is 45.6 Å². The zero-order valence-corrected chi connectivity index (χ0v) is 39.9. The van der Waals surface area contributed by atoms with Crippen LogP contribution < -0.4 is 5.32 Å². The van der Waals surface area contributed by atoms with Gasteiger partial charge in [0, 0.05) is 6.42 Å². The quantitative estimate of drug-likeness (QED) is 0.0252. The second-order valence-electron chi connectivity index (χ2n) is 17.2. The maximum atomic E-state index is 13.0. The lowest BCUT2D eigenvalue weighted by molar-refractivity contribution is -0.359. The number of rotatable bonds is 36. The number of nitrogens with one attached hydrogen (secondary N) is 1. The third kappa shape index (κ3) is 25.0. The summed E-state index contributed by atoms with van der Waals surface area (Å²) in [5.41, 5.74) is 0. The first kappa shape index (κ1) is 59.3. The highest BCUT2D eigenvalue weighted by Gasteiger charge is 2.51. The Morgan fingerprint density at radius 3 is 1.58 bits per heavy atom. The molecule has 12 unspecified atom stereocenters. The molecule has 0 radical (unpaired) electrons. The van der Waals surface area contributed by atoms with E-state index in [0.717, 1.165) is 103 Å². The highest BCUT2D eigenvalue weighted by atomic mass is 16.7. The average Bonchev–Trinajstić information content (AvgIpc) is 3.31. The van der Waals surface area contributed by atoms with Crippen molar-refractivity contribution in [1.82, 2.24) is 5.32 Å². The molecule has 0 bridgehead atoms. The number of ether oxygens (including phenoxy) is 4. The van der Waals surface area contributed by atoms with E-state index in [4.69, 9.17) is 18.9 Å². The minimum absolute atomic E-state index is 0.236. The summed E-state index contributed by atoms with van der Waals surface area (Å²) in [5, 5.41) is 86.0. The molecule has 0 saturated carbocycles. The summed E-state index contributed by atoms with van der Waals surface area (Å²) >= 11 is 0. The lowest BCUT2D eigenvalue weighted by atomic mass is 9.97. The van der Waals surface area contributed by atoms with Crippen molar-refractivity contribution in [3.8, 4) is 0 Å². The molecule has 9 N–H and O–H groups in total. The molecule has 0 aromatic rings. The molecule has 0 aromatic carbocycles. The van der Waals surface area contributed by atoms with Gasteiger partial charge in [0.25, 0.3) is 0 Å². The van der Waals surface area contributed by atoms with E-state index in [2.05, 4.69) is 97.3 Å². The van der Waals surface area contributed by atoms with Gasteiger partial charge in [0.2, 0.25) is 5.91 Å². The van der Waals surface area contributed by atoms with Crippen LogP contribution in [0.15, 0.2) is 85.1 Å². The number of hydrogen-bond donors (Lipinski definition) is 9. The molecule has 14 nitrogen and oxygen atoms in total. The van der Waals surface area contributed by atoms with E-state index >= 15 is 0 Å². The molecule has 0 spiro atoms. The highest BCUT2D eigenvalue weighted by molar-refractivity contribution is 5.76. The maximum absolute atomic E-state index is 13.0. The van der Waals surface area contributed by atoms with Gasteiger partial charge in [0.15, 0.2) is 12.6 Å². The Balaban J connectivity index is 1.62. The molecule has 2 aliphatic rings. The van der Waals surface area contributed by atoms with E-state index in [-0.39, 0.29) is 18.9 Å². The molecule has 1 amide bonds. The van der Waals surface area contributed by atoms with Crippen LogP contribution in [0.2, 0.25) is 0 Å². The summed E-state index contributed by atoms with van der Waals surface area (Å²) in [7, 11) is 0. The normalized spacial score (nSPS) is 27.5. The fraction of sp³-hybridized carbons (Fsp3) is 0.712. The zero-order chi connectivity index (χ0) is 48.2. The Hall–Kier alpha value is -2.83. The van der Waals surface area contributed by atoms with Gasteiger partial charge in [-0.15, -0.1) is 0 Å². The van der Waals surface area contributed by atoms with Crippen LogP contribution in [-0.4, -0.2) is 140 Å². The third-order valence-electron chi connectivity index (χ3n) is 11.6. The SMILES string of the molecule is CC/C=C\C/C=C\C/C=C\C/C=C\C/C=C\C/C=C\C/C=C\CCCCCCCCCC(=O)NC(COC1OC(CO)C(OC2OC(CO)C(O)C(O)C2O)C(O)C1O)C(O)CCCCC. The van der Waals surface area contributed by atoms with Crippen LogP contribution >= 0.6 is 0 Å². The van der Waals surface area contributed by atoms with E-state index < -0.39 is 86.8 Å². The van der Waals surface area contributed by atoms with Crippen molar-refractivity contribution in [2.24, 2.45) is 0 Å². The molecular weight excluding hydrogens is 847 g/mol. The molecule has 2 heterocycles. The first-order valence-corrected chi connectivity index (χ1v) is 24.8. The summed E-state index contributed by atoms with van der Waals surface area (Å²) in [6, 6.07) is -0.836. The van der Waals surface area contributed by atoms with Crippen LogP contribution in [0.3, 0.4) is 0 Å². The summed E-state index contributed by atoms with van der Waals surface area (Å²) in [5.74, 6) is -0.236. The van der Waals surface area contributed by atoms with Gasteiger partial charge in [-0.05, 0) is 70.6 Å². The Kier molecular flexibility index (Phi) is 34.2. The molecule has 66 heavy (non-hydrogen) atoms. The molecule has 0 aromatic heterocycles. The van der Waals surface area contributed by atoms with Gasteiger partial charge in [-0.25, -0.2) is 0 Å². The molecule has 378 valence electrons. The van der Waals surface area contributed by atoms with Gasteiger partial charge in [-0.1, -0.05) is 150 Å². The fourth-order valence-corrected chi connectivity index (χ4v) is 7.57. The van der Waals surface area contributed by atoms with E-state index in [1.54, 1.807) is 0 Å². The average molecular weight is 934 g/mol.